The van der Waals surface area contributed by atoms with Gasteiger partial charge in [-0.2, -0.15) is 11.8 Å². The van der Waals surface area contributed by atoms with Crippen molar-refractivity contribution in [1.82, 2.24) is 4.98 Å². The summed E-state index contributed by atoms with van der Waals surface area (Å²) >= 11 is 1.64. The van der Waals surface area contributed by atoms with Gasteiger partial charge in [-0.1, -0.05) is 19.4 Å². The number of amides is 1. The Morgan fingerprint density at radius 1 is 1.29 bits per heavy atom. The Morgan fingerprint density at radius 2 is 2.04 bits per heavy atom. The number of carbonyl (C=O) groups is 1. The number of pyridine rings is 1. The summed E-state index contributed by atoms with van der Waals surface area (Å²) in [5.41, 5.74) is 1.66. The summed E-state index contributed by atoms with van der Waals surface area (Å²) in [6.07, 6.45) is 5.70. The van der Waals surface area contributed by atoms with Crippen LogP contribution in [0.25, 0.3) is 0 Å². The predicted octanol–water partition coefficient (Wildman–Crippen LogP) is 4.85. The molecule has 1 heterocycles. The Balaban J connectivity index is 2.21. The first kappa shape index (κ1) is 18.5. The second-order valence-corrected chi connectivity index (χ2v) is 6.71. The zero-order valence-corrected chi connectivity index (χ0v) is 14.9. The minimum atomic E-state index is -0.308. The van der Waals surface area contributed by atoms with Gasteiger partial charge in [-0.15, -0.1) is 0 Å². The first-order valence-corrected chi connectivity index (χ1v) is 9.34. The minimum absolute atomic E-state index is 0.0269. The van der Waals surface area contributed by atoms with Crippen molar-refractivity contribution in [3.8, 4) is 0 Å². The topological polar surface area (TPSA) is 33.2 Å². The lowest BCUT2D eigenvalue weighted by Crippen LogP contribution is -2.35. The lowest BCUT2D eigenvalue weighted by molar-refractivity contribution is -0.116. The van der Waals surface area contributed by atoms with Crippen LogP contribution in [0.4, 0.5) is 10.1 Å². The van der Waals surface area contributed by atoms with Crippen LogP contribution < -0.4 is 4.90 Å². The average Bonchev–Trinajstić information content (AvgIpc) is 2.61. The van der Waals surface area contributed by atoms with E-state index in [1.807, 2.05) is 19.1 Å². The van der Waals surface area contributed by atoms with Gasteiger partial charge in [-0.3, -0.25) is 9.78 Å². The van der Waals surface area contributed by atoms with Gasteiger partial charge in [0.25, 0.3) is 0 Å². The van der Waals surface area contributed by atoms with E-state index in [4.69, 9.17) is 0 Å². The number of unbranched alkanes of at least 4 members (excludes halogenated alkanes) is 1. The number of benzene rings is 1. The molecular formula is C19H23FN2OS. The minimum Gasteiger partial charge on any atom is -0.304 e. The van der Waals surface area contributed by atoms with E-state index in [-0.39, 0.29) is 17.8 Å². The number of halogens is 1. The van der Waals surface area contributed by atoms with E-state index in [1.54, 1.807) is 41.2 Å². The van der Waals surface area contributed by atoms with Gasteiger partial charge in [0, 0.05) is 18.1 Å². The number of hydrogen-bond acceptors (Lipinski definition) is 3. The maximum Gasteiger partial charge on any atom is 0.237 e. The molecule has 0 N–H and O–H groups in total. The fraction of sp³-hybridized carbons (Fsp3) is 0.368. The van der Waals surface area contributed by atoms with Crippen molar-refractivity contribution in [2.75, 3.05) is 16.4 Å². The fourth-order valence-electron chi connectivity index (χ4n) is 2.43. The summed E-state index contributed by atoms with van der Waals surface area (Å²) < 4.78 is 13.2. The van der Waals surface area contributed by atoms with E-state index in [0.717, 1.165) is 24.2 Å². The smallest absolute Gasteiger partial charge is 0.237 e. The predicted molar refractivity (Wildman–Crippen MR) is 98.8 cm³/mol. The van der Waals surface area contributed by atoms with Gasteiger partial charge in [-0.05, 0) is 55.0 Å². The Labute approximate surface area is 147 Å². The molecule has 0 spiro atoms. The maximum atomic E-state index is 13.2. The third kappa shape index (κ3) is 5.06. The van der Waals surface area contributed by atoms with E-state index < -0.39 is 0 Å². The maximum absolute atomic E-state index is 13.2. The third-order valence-electron chi connectivity index (χ3n) is 3.80. The number of hydrogen-bond donors (Lipinski definition) is 0. The van der Waals surface area contributed by atoms with Gasteiger partial charge in [0.15, 0.2) is 0 Å². The van der Waals surface area contributed by atoms with Gasteiger partial charge in [-0.25, -0.2) is 4.39 Å². The lowest BCUT2D eigenvalue weighted by Gasteiger charge is -2.29. The van der Waals surface area contributed by atoms with Gasteiger partial charge < -0.3 is 4.90 Å². The summed E-state index contributed by atoms with van der Waals surface area (Å²) in [5.74, 6) is 1.11. The summed E-state index contributed by atoms with van der Waals surface area (Å²) in [5, 5.41) is 0. The summed E-state index contributed by atoms with van der Waals surface area (Å²) in [7, 11) is 0. The monoisotopic (exact) mass is 346 g/mol. The molecule has 128 valence electrons. The number of aromatic nitrogens is 1. The molecule has 1 amide bonds. The zero-order chi connectivity index (χ0) is 17.4. The van der Waals surface area contributed by atoms with E-state index >= 15 is 0 Å². The van der Waals surface area contributed by atoms with Gasteiger partial charge >= 0.3 is 0 Å². The zero-order valence-electron chi connectivity index (χ0n) is 14.1. The molecule has 0 aliphatic heterocycles. The second kappa shape index (κ2) is 9.42. The van der Waals surface area contributed by atoms with E-state index in [9.17, 15) is 9.18 Å². The Hall–Kier alpha value is -1.88. The molecule has 0 saturated carbocycles. The fourth-order valence-corrected chi connectivity index (χ4v) is 3.38. The Bertz CT molecular complexity index is 634. The first-order chi connectivity index (χ1) is 11.6. The highest BCUT2D eigenvalue weighted by Gasteiger charge is 2.23. The van der Waals surface area contributed by atoms with Crippen LogP contribution in [-0.2, 0) is 4.79 Å². The van der Waals surface area contributed by atoms with Crippen LogP contribution in [0, 0.1) is 5.82 Å². The second-order valence-electron chi connectivity index (χ2n) is 5.61. The molecule has 2 rings (SSSR count). The molecule has 1 unspecified atom stereocenters. The number of nitrogens with zero attached hydrogens (tertiary/aromatic N) is 2. The quantitative estimate of drug-likeness (QED) is 0.641. The van der Waals surface area contributed by atoms with Crippen LogP contribution in [-0.4, -0.2) is 22.4 Å². The van der Waals surface area contributed by atoms with Gasteiger partial charge in [0.2, 0.25) is 5.91 Å². The highest BCUT2D eigenvalue weighted by molar-refractivity contribution is 7.99. The van der Waals surface area contributed by atoms with Crippen molar-refractivity contribution in [1.29, 1.82) is 0 Å². The number of rotatable bonds is 8. The summed E-state index contributed by atoms with van der Waals surface area (Å²) in [6, 6.07) is 9.71. The van der Waals surface area contributed by atoms with Crippen molar-refractivity contribution in [2.45, 2.75) is 32.7 Å². The number of thioether (sulfide) groups is 1. The molecule has 0 aliphatic rings. The van der Waals surface area contributed by atoms with Crippen LogP contribution in [0.15, 0.2) is 48.8 Å². The highest BCUT2D eigenvalue weighted by Crippen LogP contribution is 2.27. The molecule has 5 heteroatoms. The first-order valence-electron chi connectivity index (χ1n) is 8.18. The summed E-state index contributed by atoms with van der Waals surface area (Å²) in [6.45, 7) is 4.10. The Kier molecular flexibility index (Phi) is 7.25. The van der Waals surface area contributed by atoms with Crippen molar-refractivity contribution >= 4 is 23.4 Å². The molecule has 3 nitrogen and oxygen atoms in total. The van der Waals surface area contributed by atoms with Crippen LogP contribution in [0.3, 0.4) is 0 Å². The Morgan fingerprint density at radius 3 is 2.67 bits per heavy atom. The van der Waals surface area contributed by atoms with Crippen LogP contribution in [0.5, 0.6) is 0 Å². The molecule has 24 heavy (non-hydrogen) atoms. The highest BCUT2D eigenvalue weighted by atomic mass is 32.2. The molecule has 0 aliphatic carbocycles. The largest absolute Gasteiger partial charge is 0.304 e. The van der Waals surface area contributed by atoms with Crippen molar-refractivity contribution < 1.29 is 9.18 Å². The molecule has 1 aromatic heterocycles. The molecule has 2 aromatic rings. The van der Waals surface area contributed by atoms with Crippen molar-refractivity contribution in [3.63, 3.8) is 0 Å². The van der Waals surface area contributed by atoms with E-state index in [0.29, 0.717) is 11.4 Å². The molecule has 0 saturated heterocycles. The van der Waals surface area contributed by atoms with Crippen LogP contribution >= 0.6 is 11.8 Å². The van der Waals surface area contributed by atoms with Gasteiger partial charge in [0.05, 0.1) is 11.8 Å². The standard InChI is InChI=1S/C19H23FN2OS/c1-3-4-12-24-14-19(23)22(18-9-7-17(20)8-10-18)15(2)16-6-5-11-21-13-16/h5-11,13,15H,3-4,12,14H2,1-2H3. The normalized spacial score (nSPS) is 12.0. The molecule has 0 fully saturated rings. The SMILES string of the molecule is CCCCSCC(=O)N(c1ccc(F)cc1)C(C)c1cccnc1. The molecule has 1 atom stereocenters. The molecule has 1 aromatic carbocycles. The van der Waals surface area contributed by atoms with Gasteiger partial charge in [0.1, 0.15) is 5.82 Å². The van der Waals surface area contributed by atoms with Crippen molar-refractivity contribution in [3.05, 3.63) is 60.2 Å². The number of carbonyl (C=O) groups excluding carboxylic acids is 1. The van der Waals surface area contributed by atoms with Crippen molar-refractivity contribution in [2.24, 2.45) is 0 Å². The average molecular weight is 346 g/mol. The van der Waals surface area contributed by atoms with E-state index in [1.165, 1.54) is 12.1 Å². The molecule has 0 radical (unpaired) electrons. The molecular weight excluding hydrogens is 323 g/mol. The molecule has 0 bridgehead atoms. The lowest BCUT2D eigenvalue weighted by atomic mass is 10.1. The van der Waals surface area contributed by atoms with Crippen LogP contribution in [0.2, 0.25) is 0 Å². The van der Waals surface area contributed by atoms with Crippen LogP contribution in [0.1, 0.15) is 38.3 Å². The summed E-state index contributed by atoms with van der Waals surface area (Å²) in [4.78, 5) is 18.7. The van der Waals surface area contributed by atoms with E-state index in [2.05, 4.69) is 11.9 Å². The third-order valence-corrected chi connectivity index (χ3v) is 4.82. The number of anilines is 1.